The van der Waals surface area contributed by atoms with Gasteiger partial charge in [-0.1, -0.05) is 23.7 Å². The number of hydrogen-bond donors (Lipinski definition) is 4. The van der Waals surface area contributed by atoms with Crippen LogP contribution >= 0.6 is 11.6 Å². The van der Waals surface area contributed by atoms with E-state index in [1.165, 1.54) is 6.20 Å². The van der Waals surface area contributed by atoms with Gasteiger partial charge < -0.3 is 25.3 Å². The minimum Gasteiger partial charge on any atom is -0.387 e. The lowest BCUT2D eigenvalue weighted by atomic mass is 10.1. The zero-order valence-electron chi connectivity index (χ0n) is 21.9. The molecule has 1 saturated heterocycles. The molecule has 1 unspecified atom stereocenters. The second kappa shape index (κ2) is 11.5. The standard InChI is InChI=1S/C28H30ClF3N6O2/c1-17-13-20(38-11-9-37(10-12-38)8-6-28(30,31)32)15-22-25(17)36-26(35-22)24-21(5-7-33-27(24)40)34-16-23(39)18-3-2-4-19(29)14-18/h2-5,7,13-15,23,39H,6,8-12,16H2,1H3,(H,35,36)(H2,33,34,40). The molecule has 1 atom stereocenters. The van der Waals surface area contributed by atoms with E-state index in [9.17, 15) is 23.1 Å². The first-order valence-corrected chi connectivity index (χ1v) is 13.4. The summed E-state index contributed by atoms with van der Waals surface area (Å²) in [6, 6.07) is 12.6. The number of pyridine rings is 1. The fourth-order valence-corrected chi connectivity index (χ4v) is 5.19. The molecule has 0 amide bonds. The third-order valence-electron chi connectivity index (χ3n) is 7.13. The van der Waals surface area contributed by atoms with Crippen LogP contribution in [0.4, 0.5) is 24.5 Å². The number of anilines is 2. The number of halogens is 4. The largest absolute Gasteiger partial charge is 0.390 e. The lowest BCUT2D eigenvalue weighted by Crippen LogP contribution is -2.47. The van der Waals surface area contributed by atoms with Gasteiger partial charge in [0.15, 0.2) is 0 Å². The molecule has 8 nitrogen and oxygen atoms in total. The van der Waals surface area contributed by atoms with Crippen LogP contribution < -0.4 is 15.8 Å². The molecule has 4 aromatic rings. The lowest BCUT2D eigenvalue weighted by Gasteiger charge is -2.36. The van der Waals surface area contributed by atoms with Gasteiger partial charge in [-0.3, -0.25) is 9.69 Å². The maximum absolute atomic E-state index is 12.9. The van der Waals surface area contributed by atoms with Crippen LogP contribution in [0.5, 0.6) is 0 Å². The third-order valence-corrected chi connectivity index (χ3v) is 7.36. The highest BCUT2D eigenvalue weighted by molar-refractivity contribution is 6.30. The Balaban J connectivity index is 1.34. The smallest absolute Gasteiger partial charge is 0.387 e. The SMILES string of the molecule is Cc1cc(N2CCN(CCC(F)(F)F)CC2)cc2[nH]c(-c3c(NCC(O)c4cccc(Cl)c4)cc[nH]c3=O)nc12. The Morgan fingerprint density at radius 3 is 2.65 bits per heavy atom. The molecule has 0 spiro atoms. The highest BCUT2D eigenvalue weighted by Crippen LogP contribution is 2.30. The molecule has 0 radical (unpaired) electrons. The molecule has 0 aliphatic carbocycles. The summed E-state index contributed by atoms with van der Waals surface area (Å²) in [5, 5.41) is 14.3. The van der Waals surface area contributed by atoms with Gasteiger partial charge in [0, 0.05) is 56.2 Å². The van der Waals surface area contributed by atoms with E-state index < -0.39 is 18.7 Å². The van der Waals surface area contributed by atoms with Gasteiger partial charge in [0.1, 0.15) is 11.4 Å². The predicted molar refractivity (Wildman–Crippen MR) is 151 cm³/mol. The number of aliphatic hydroxyl groups excluding tert-OH is 1. The Labute approximate surface area is 233 Å². The third kappa shape index (κ3) is 6.43. The number of imidazole rings is 1. The molecule has 1 aliphatic rings. The second-order valence-corrected chi connectivity index (χ2v) is 10.4. The monoisotopic (exact) mass is 574 g/mol. The molecular weight excluding hydrogens is 545 g/mol. The molecule has 3 heterocycles. The highest BCUT2D eigenvalue weighted by atomic mass is 35.5. The van der Waals surface area contributed by atoms with E-state index in [1.54, 1.807) is 30.3 Å². The predicted octanol–water partition coefficient (Wildman–Crippen LogP) is 5.10. The second-order valence-electron chi connectivity index (χ2n) is 9.99. The summed E-state index contributed by atoms with van der Waals surface area (Å²) < 4.78 is 37.8. The highest BCUT2D eigenvalue weighted by Gasteiger charge is 2.29. The molecule has 212 valence electrons. The van der Waals surface area contributed by atoms with Crippen molar-refractivity contribution in [1.82, 2.24) is 19.9 Å². The van der Waals surface area contributed by atoms with Crippen LogP contribution in [-0.2, 0) is 0 Å². The van der Waals surface area contributed by atoms with Crippen molar-refractivity contribution in [2.45, 2.75) is 25.6 Å². The number of piperazine rings is 1. The van der Waals surface area contributed by atoms with Gasteiger partial charge in [0.05, 0.1) is 29.2 Å². The Hall–Kier alpha value is -3.54. The van der Waals surface area contributed by atoms with Crippen LogP contribution in [0.2, 0.25) is 5.02 Å². The summed E-state index contributed by atoms with van der Waals surface area (Å²) in [5.41, 5.74) is 4.46. The minimum atomic E-state index is -4.15. The number of aromatic nitrogens is 3. The molecular formula is C28H30ClF3N6O2. The van der Waals surface area contributed by atoms with E-state index in [0.29, 0.717) is 53.8 Å². The van der Waals surface area contributed by atoms with E-state index in [-0.39, 0.29) is 18.6 Å². The summed E-state index contributed by atoms with van der Waals surface area (Å²) in [4.78, 5) is 27.6. The number of nitrogens with one attached hydrogen (secondary N) is 3. The molecule has 0 saturated carbocycles. The molecule has 4 N–H and O–H groups in total. The van der Waals surface area contributed by atoms with Crippen LogP contribution in [0.25, 0.3) is 22.4 Å². The molecule has 0 bridgehead atoms. The summed E-state index contributed by atoms with van der Waals surface area (Å²) in [6.45, 7) is 4.43. The first-order chi connectivity index (χ1) is 19.1. The van der Waals surface area contributed by atoms with Crippen molar-refractivity contribution in [3.63, 3.8) is 0 Å². The van der Waals surface area contributed by atoms with E-state index in [2.05, 4.69) is 20.2 Å². The van der Waals surface area contributed by atoms with Crippen molar-refractivity contribution in [3.05, 3.63) is 75.2 Å². The van der Waals surface area contributed by atoms with Crippen LogP contribution in [0.15, 0.2) is 53.5 Å². The van der Waals surface area contributed by atoms with Gasteiger partial charge in [-0.25, -0.2) is 4.98 Å². The number of aromatic amines is 2. The first kappa shape index (κ1) is 28.0. The number of fused-ring (bicyclic) bond motifs is 1. The Morgan fingerprint density at radius 1 is 1.15 bits per heavy atom. The normalized spacial score (nSPS) is 15.5. The van der Waals surface area contributed by atoms with Crippen LogP contribution in [-0.4, -0.2) is 70.4 Å². The van der Waals surface area contributed by atoms with Crippen molar-refractivity contribution < 1.29 is 18.3 Å². The number of rotatable bonds is 8. The summed E-state index contributed by atoms with van der Waals surface area (Å²) in [6.07, 6.45) is -4.27. The minimum absolute atomic E-state index is 0.0113. The molecule has 5 rings (SSSR count). The van der Waals surface area contributed by atoms with Gasteiger partial charge >= 0.3 is 6.18 Å². The molecule has 12 heteroatoms. The number of aliphatic hydroxyl groups is 1. The number of benzene rings is 2. The average Bonchev–Trinajstić information content (AvgIpc) is 3.35. The fraction of sp³-hybridized carbons (Fsp3) is 0.357. The lowest BCUT2D eigenvalue weighted by molar-refractivity contribution is -0.138. The maximum Gasteiger partial charge on any atom is 0.390 e. The summed E-state index contributed by atoms with van der Waals surface area (Å²) >= 11 is 6.05. The van der Waals surface area contributed by atoms with E-state index >= 15 is 0 Å². The topological polar surface area (TPSA) is 100 Å². The molecule has 2 aromatic heterocycles. The number of H-pyrrole nitrogens is 2. The summed E-state index contributed by atoms with van der Waals surface area (Å²) in [7, 11) is 0. The zero-order valence-corrected chi connectivity index (χ0v) is 22.6. The van der Waals surface area contributed by atoms with E-state index in [1.807, 2.05) is 24.0 Å². The number of aryl methyl sites for hydroxylation is 1. The average molecular weight is 575 g/mol. The van der Waals surface area contributed by atoms with Crippen LogP contribution in [0.3, 0.4) is 0 Å². The van der Waals surface area contributed by atoms with Gasteiger partial charge in [-0.05, 0) is 48.4 Å². The maximum atomic E-state index is 12.9. The van der Waals surface area contributed by atoms with Gasteiger partial charge in [0.25, 0.3) is 5.56 Å². The van der Waals surface area contributed by atoms with E-state index in [4.69, 9.17) is 16.6 Å². The fourth-order valence-electron chi connectivity index (χ4n) is 4.99. The van der Waals surface area contributed by atoms with Gasteiger partial charge in [-0.15, -0.1) is 0 Å². The molecule has 2 aromatic carbocycles. The Bertz CT molecular complexity index is 1550. The summed E-state index contributed by atoms with van der Waals surface area (Å²) in [5.74, 6) is 0.383. The Kier molecular flexibility index (Phi) is 8.07. The quantitative estimate of drug-likeness (QED) is 0.234. The molecule has 1 fully saturated rings. The van der Waals surface area contributed by atoms with Crippen LogP contribution in [0.1, 0.15) is 23.7 Å². The zero-order chi connectivity index (χ0) is 28.4. The van der Waals surface area contributed by atoms with Crippen molar-refractivity contribution in [1.29, 1.82) is 0 Å². The Morgan fingerprint density at radius 2 is 1.93 bits per heavy atom. The van der Waals surface area contributed by atoms with Crippen LogP contribution in [0, 0.1) is 6.92 Å². The number of alkyl halides is 3. The number of hydrogen-bond acceptors (Lipinski definition) is 6. The number of nitrogens with zero attached hydrogens (tertiary/aromatic N) is 3. The molecule has 40 heavy (non-hydrogen) atoms. The molecule has 1 aliphatic heterocycles. The van der Waals surface area contributed by atoms with Gasteiger partial charge in [0.2, 0.25) is 0 Å². The van der Waals surface area contributed by atoms with Crippen molar-refractivity contribution in [2.75, 3.05) is 49.5 Å². The van der Waals surface area contributed by atoms with Crippen molar-refractivity contribution in [3.8, 4) is 11.4 Å². The van der Waals surface area contributed by atoms with Crippen molar-refractivity contribution in [2.24, 2.45) is 0 Å². The van der Waals surface area contributed by atoms with Crippen molar-refractivity contribution >= 4 is 34.0 Å². The first-order valence-electron chi connectivity index (χ1n) is 13.0. The van der Waals surface area contributed by atoms with E-state index in [0.717, 1.165) is 22.3 Å². The van der Waals surface area contributed by atoms with Gasteiger partial charge in [-0.2, -0.15) is 13.2 Å².